The lowest BCUT2D eigenvalue weighted by molar-refractivity contribution is 0.142. The van der Waals surface area contributed by atoms with E-state index in [1.165, 1.54) is 0 Å². The number of carbonyl (C=O) groups is 1. The number of furan rings is 1. The number of hydrogen-bond acceptors (Lipinski definition) is 5. The summed E-state index contributed by atoms with van der Waals surface area (Å²) < 4.78 is 11.3. The molecular formula is C20H24N4O3. The van der Waals surface area contributed by atoms with E-state index in [4.69, 9.17) is 8.94 Å². The fraction of sp³-hybridized carbons (Fsp3) is 0.450. The zero-order valence-electron chi connectivity index (χ0n) is 15.9. The van der Waals surface area contributed by atoms with Gasteiger partial charge < -0.3 is 19.2 Å². The van der Waals surface area contributed by atoms with Gasteiger partial charge in [-0.3, -0.25) is 0 Å². The van der Waals surface area contributed by atoms with Crippen LogP contribution in [0.25, 0.3) is 11.0 Å². The van der Waals surface area contributed by atoms with Crippen LogP contribution in [-0.4, -0.2) is 27.6 Å². The molecule has 7 heteroatoms. The standard InChI is InChI=1S/C20H24N4O3/c1-4-17-12(2)14-8-7-9-15(18(14)26-17)22-20(25)24-11-6-5-10-16(24)19-21-13(3)23-27-19/h7-9,16H,4-6,10-11H2,1-3H3,(H,22,25)/t16-/m0/s1. The van der Waals surface area contributed by atoms with Crippen LogP contribution in [0.5, 0.6) is 0 Å². The first-order valence-electron chi connectivity index (χ1n) is 9.47. The van der Waals surface area contributed by atoms with Crippen molar-refractivity contribution in [2.75, 3.05) is 11.9 Å². The molecule has 4 rings (SSSR count). The van der Waals surface area contributed by atoms with Crippen LogP contribution in [0.15, 0.2) is 27.1 Å². The second-order valence-electron chi connectivity index (χ2n) is 7.00. The minimum absolute atomic E-state index is 0.171. The number of anilines is 1. The van der Waals surface area contributed by atoms with Crippen molar-refractivity contribution < 1.29 is 13.7 Å². The van der Waals surface area contributed by atoms with Gasteiger partial charge in [-0.1, -0.05) is 24.2 Å². The van der Waals surface area contributed by atoms with E-state index in [-0.39, 0.29) is 12.1 Å². The molecule has 0 unspecified atom stereocenters. The number of nitrogens with zero attached hydrogens (tertiary/aromatic N) is 3. The molecule has 3 heterocycles. The molecule has 1 fully saturated rings. The Kier molecular flexibility index (Phi) is 4.59. The van der Waals surface area contributed by atoms with Crippen molar-refractivity contribution in [3.8, 4) is 0 Å². The maximum atomic E-state index is 13.0. The Balaban J connectivity index is 1.62. The Labute approximate surface area is 157 Å². The van der Waals surface area contributed by atoms with Gasteiger partial charge in [-0.25, -0.2) is 4.79 Å². The summed E-state index contributed by atoms with van der Waals surface area (Å²) >= 11 is 0. The molecule has 27 heavy (non-hydrogen) atoms. The second-order valence-corrected chi connectivity index (χ2v) is 7.00. The average molecular weight is 368 g/mol. The maximum Gasteiger partial charge on any atom is 0.322 e. The van der Waals surface area contributed by atoms with E-state index in [0.29, 0.717) is 23.9 Å². The number of aryl methyl sites for hydroxylation is 3. The van der Waals surface area contributed by atoms with E-state index in [2.05, 4.69) is 29.3 Å². The Morgan fingerprint density at radius 3 is 2.93 bits per heavy atom. The Hall–Kier alpha value is -2.83. The molecule has 0 radical (unpaired) electrons. The van der Waals surface area contributed by atoms with Crippen molar-refractivity contribution in [2.24, 2.45) is 0 Å². The summed E-state index contributed by atoms with van der Waals surface area (Å²) in [6, 6.07) is 5.47. The Morgan fingerprint density at radius 2 is 2.19 bits per heavy atom. The van der Waals surface area contributed by atoms with E-state index in [1.54, 1.807) is 11.8 Å². The number of fused-ring (bicyclic) bond motifs is 1. The summed E-state index contributed by atoms with van der Waals surface area (Å²) in [6.07, 6.45) is 3.63. The first kappa shape index (κ1) is 17.6. The van der Waals surface area contributed by atoms with Gasteiger partial charge in [-0.15, -0.1) is 0 Å². The van der Waals surface area contributed by atoms with Gasteiger partial charge >= 0.3 is 6.03 Å². The second kappa shape index (κ2) is 7.06. The number of carbonyl (C=O) groups excluding carboxylic acids is 1. The zero-order chi connectivity index (χ0) is 19.0. The van der Waals surface area contributed by atoms with Gasteiger partial charge in [-0.05, 0) is 44.7 Å². The lowest BCUT2D eigenvalue weighted by Gasteiger charge is -2.33. The smallest absolute Gasteiger partial charge is 0.322 e. The summed E-state index contributed by atoms with van der Waals surface area (Å²) in [5, 5.41) is 7.94. The zero-order valence-corrected chi connectivity index (χ0v) is 15.9. The van der Waals surface area contributed by atoms with Gasteiger partial charge in [0, 0.05) is 18.4 Å². The molecule has 142 valence electrons. The van der Waals surface area contributed by atoms with Gasteiger partial charge in [-0.2, -0.15) is 4.98 Å². The first-order chi connectivity index (χ1) is 13.1. The molecule has 1 N–H and O–H groups in total. The lowest BCUT2D eigenvalue weighted by Crippen LogP contribution is -2.41. The van der Waals surface area contributed by atoms with Crippen molar-refractivity contribution >= 4 is 22.7 Å². The third-order valence-corrected chi connectivity index (χ3v) is 5.22. The highest BCUT2D eigenvalue weighted by Crippen LogP contribution is 2.33. The van der Waals surface area contributed by atoms with Crippen LogP contribution in [0.4, 0.5) is 10.5 Å². The largest absolute Gasteiger partial charge is 0.459 e. The fourth-order valence-corrected chi connectivity index (χ4v) is 3.79. The first-order valence-corrected chi connectivity index (χ1v) is 9.47. The monoisotopic (exact) mass is 368 g/mol. The van der Waals surface area contributed by atoms with Crippen LogP contribution in [0, 0.1) is 13.8 Å². The highest BCUT2D eigenvalue weighted by atomic mass is 16.5. The molecular weight excluding hydrogens is 344 g/mol. The molecule has 0 spiro atoms. The molecule has 1 saturated heterocycles. The SMILES string of the molecule is CCc1oc2c(NC(=O)N3CCCC[C@H]3c3nc(C)no3)cccc2c1C. The molecule has 2 amide bonds. The highest BCUT2D eigenvalue weighted by molar-refractivity contribution is 6.00. The number of amides is 2. The van der Waals surface area contributed by atoms with Crippen LogP contribution >= 0.6 is 0 Å². The molecule has 1 aliphatic heterocycles. The van der Waals surface area contributed by atoms with Crippen molar-refractivity contribution in [3.05, 3.63) is 41.2 Å². The predicted octanol–water partition coefficient (Wildman–Crippen LogP) is 4.75. The number of urea groups is 1. The Bertz CT molecular complexity index is 975. The lowest BCUT2D eigenvalue weighted by atomic mass is 10.0. The quantitative estimate of drug-likeness (QED) is 0.721. The van der Waals surface area contributed by atoms with Crippen LogP contribution in [0.2, 0.25) is 0 Å². The van der Waals surface area contributed by atoms with E-state index in [0.717, 1.165) is 48.0 Å². The summed E-state index contributed by atoms with van der Waals surface area (Å²) in [6.45, 7) is 6.55. The van der Waals surface area contributed by atoms with Crippen LogP contribution in [0.3, 0.4) is 0 Å². The number of para-hydroxylation sites is 1. The maximum absolute atomic E-state index is 13.0. The van der Waals surface area contributed by atoms with Crippen molar-refractivity contribution in [3.63, 3.8) is 0 Å². The number of piperidine rings is 1. The molecule has 0 bridgehead atoms. The summed E-state index contributed by atoms with van der Waals surface area (Å²) in [5.41, 5.74) is 2.54. The minimum Gasteiger partial charge on any atom is -0.459 e. The average Bonchev–Trinajstić information content (AvgIpc) is 3.26. The number of rotatable bonds is 3. The van der Waals surface area contributed by atoms with E-state index in [1.807, 2.05) is 18.2 Å². The molecule has 1 aromatic carbocycles. The highest BCUT2D eigenvalue weighted by Gasteiger charge is 2.32. The van der Waals surface area contributed by atoms with Crippen molar-refractivity contribution in [2.45, 2.75) is 52.5 Å². The number of likely N-dealkylation sites (tertiary alicyclic amines) is 1. The summed E-state index contributed by atoms with van der Waals surface area (Å²) in [7, 11) is 0. The molecule has 7 nitrogen and oxygen atoms in total. The Morgan fingerprint density at radius 1 is 1.33 bits per heavy atom. The predicted molar refractivity (Wildman–Crippen MR) is 102 cm³/mol. The number of hydrogen-bond donors (Lipinski definition) is 1. The minimum atomic E-state index is -0.191. The van der Waals surface area contributed by atoms with Crippen LogP contribution in [0.1, 0.15) is 55.3 Å². The van der Waals surface area contributed by atoms with E-state index in [9.17, 15) is 4.79 Å². The summed E-state index contributed by atoms with van der Waals surface area (Å²) in [5.74, 6) is 2.03. The van der Waals surface area contributed by atoms with E-state index < -0.39 is 0 Å². The molecule has 3 aromatic rings. The van der Waals surface area contributed by atoms with Gasteiger partial charge in [0.2, 0.25) is 5.89 Å². The molecule has 2 aromatic heterocycles. The normalized spacial score (nSPS) is 17.4. The molecule has 1 atom stereocenters. The molecule has 1 aliphatic rings. The number of aromatic nitrogens is 2. The summed E-state index contributed by atoms with van der Waals surface area (Å²) in [4.78, 5) is 19.2. The third-order valence-electron chi connectivity index (χ3n) is 5.22. The van der Waals surface area contributed by atoms with Gasteiger partial charge in [0.25, 0.3) is 0 Å². The molecule has 0 saturated carbocycles. The van der Waals surface area contributed by atoms with Crippen LogP contribution < -0.4 is 5.32 Å². The molecule has 0 aliphatic carbocycles. The topological polar surface area (TPSA) is 84.4 Å². The van der Waals surface area contributed by atoms with Gasteiger partial charge in [0.05, 0.1) is 5.69 Å². The number of benzene rings is 1. The van der Waals surface area contributed by atoms with E-state index >= 15 is 0 Å². The van der Waals surface area contributed by atoms with Crippen LogP contribution in [-0.2, 0) is 6.42 Å². The van der Waals surface area contributed by atoms with Crippen molar-refractivity contribution in [1.82, 2.24) is 15.0 Å². The van der Waals surface area contributed by atoms with Gasteiger partial charge in [0.1, 0.15) is 11.8 Å². The van der Waals surface area contributed by atoms with Crippen molar-refractivity contribution in [1.29, 1.82) is 0 Å². The van der Waals surface area contributed by atoms with Gasteiger partial charge in [0.15, 0.2) is 11.4 Å². The number of nitrogens with one attached hydrogen (secondary N) is 1. The fourth-order valence-electron chi connectivity index (χ4n) is 3.79. The third kappa shape index (κ3) is 3.18.